The van der Waals surface area contributed by atoms with E-state index in [1.54, 1.807) is 6.07 Å². The molecule has 2 nitrogen and oxygen atoms in total. The zero-order valence-electron chi connectivity index (χ0n) is 9.54. The van der Waals surface area contributed by atoms with Crippen molar-refractivity contribution in [2.24, 2.45) is 0 Å². The molecule has 0 unspecified atom stereocenters. The first-order valence-electron chi connectivity index (χ1n) is 5.49. The molecule has 2 aromatic rings. The predicted octanol–water partition coefficient (Wildman–Crippen LogP) is 4.33. The van der Waals surface area contributed by atoms with Gasteiger partial charge in [0, 0.05) is 17.7 Å². The minimum Gasteiger partial charge on any atom is -0.409 e. The normalized spacial score (nSPS) is 13.8. The van der Waals surface area contributed by atoms with Gasteiger partial charge in [-0.2, -0.15) is 0 Å². The number of nitrogens with one attached hydrogen (secondary N) is 1. The van der Waals surface area contributed by atoms with Crippen LogP contribution in [-0.4, -0.2) is 0 Å². The number of hydrogen-bond donors (Lipinski definition) is 1. The van der Waals surface area contributed by atoms with Crippen LogP contribution < -0.4 is 8.91 Å². The number of hydrogen-bond acceptors (Lipinski definition) is 3. The zero-order chi connectivity index (χ0) is 13.4. The minimum absolute atomic E-state index is 0.0333. The standard InChI is InChI=1S/C13H8ClF2NOS/c14-11-2-1-7(4-12(11)16)10-5-9(15)3-8-6-17-19-18-13(8)10/h1-5,17H,6H2. The summed E-state index contributed by atoms with van der Waals surface area (Å²) in [5.74, 6) is -0.382. The quantitative estimate of drug-likeness (QED) is 0.625. The number of benzene rings is 2. The summed E-state index contributed by atoms with van der Waals surface area (Å²) in [5.41, 5.74) is 1.74. The van der Waals surface area contributed by atoms with Crippen LogP contribution in [-0.2, 0) is 6.54 Å². The van der Waals surface area contributed by atoms with Crippen molar-refractivity contribution in [3.8, 4) is 16.9 Å². The number of fused-ring (bicyclic) bond motifs is 1. The van der Waals surface area contributed by atoms with E-state index in [1.165, 1.54) is 24.3 Å². The number of halogens is 3. The second-order valence-electron chi connectivity index (χ2n) is 4.06. The molecule has 19 heavy (non-hydrogen) atoms. The Balaban J connectivity index is 2.18. The summed E-state index contributed by atoms with van der Waals surface area (Å²) in [4.78, 5) is 0. The molecular weight excluding hydrogens is 292 g/mol. The molecule has 3 rings (SSSR count). The third-order valence-corrected chi connectivity index (χ3v) is 3.63. The molecule has 0 bridgehead atoms. The van der Waals surface area contributed by atoms with Gasteiger partial charge in [-0.3, -0.25) is 0 Å². The molecule has 98 valence electrons. The third-order valence-electron chi connectivity index (χ3n) is 2.81. The van der Waals surface area contributed by atoms with Crippen LogP contribution in [0.1, 0.15) is 5.56 Å². The Labute approximate surface area is 118 Å². The van der Waals surface area contributed by atoms with Gasteiger partial charge in [-0.1, -0.05) is 17.7 Å². The molecule has 1 aliphatic heterocycles. The Kier molecular flexibility index (Phi) is 3.35. The lowest BCUT2D eigenvalue weighted by Gasteiger charge is -2.19. The van der Waals surface area contributed by atoms with Crippen molar-refractivity contribution in [2.75, 3.05) is 0 Å². The Morgan fingerprint density at radius 3 is 2.84 bits per heavy atom. The van der Waals surface area contributed by atoms with E-state index in [9.17, 15) is 8.78 Å². The van der Waals surface area contributed by atoms with Crippen LogP contribution >= 0.6 is 23.8 Å². The topological polar surface area (TPSA) is 21.3 Å². The molecule has 1 aliphatic rings. The van der Waals surface area contributed by atoms with E-state index >= 15 is 0 Å². The van der Waals surface area contributed by atoms with Crippen LogP contribution in [0.3, 0.4) is 0 Å². The fourth-order valence-electron chi connectivity index (χ4n) is 1.94. The maximum atomic E-state index is 13.6. The molecule has 1 heterocycles. The molecule has 1 N–H and O–H groups in total. The summed E-state index contributed by atoms with van der Waals surface area (Å²) >= 11 is 6.72. The van der Waals surface area contributed by atoms with Crippen LogP contribution in [0.2, 0.25) is 5.02 Å². The van der Waals surface area contributed by atoms with Crippen LogP contribution in [0.4, 0.5) is 8.78 Å². The van der Waals surface area contributed by atoms with Gasteiger partial charge in [0.05, 0.1) is 5.02 Å². The first-order valence-corrected chi connectivity index (χ1v) is 6.61. The summed E-state index contributed by atoms with van der Waals surface area (Å²) in [5, 5.41) is 0.0333. The van der Waals surface area contributed by atoms with Gasteiger partial charge in [0.2, 0.25) is 0 Å². The fourth-order valence-corrected chi connectivity index (χ4v) is 2.61. The molecule has 0 fully saturated rings. The monoisotopic (exact) mass is 299 g/mol. The summed E-state index contributed by atoms with van der Waals surface area (Å²) in [6.45, 7) is 0.487. The van der Waals surface area contributed by atoms with E-state index < -0.39 is 5.82 Å². The maximum Gasteiger partial charge on any atom is 0.151 e. The van der Waals surface area contributed by atoms with Crippen molar-refractivity contribution >= 4 is 23.8 Å². The van der Waals surface area contributed by atoms with Gasteiger partial charge in [0.25, 0.3) is 0 Å². The minimum atomic E-state index is -0.543. The van der Waals surface area contributed by atoms with Crippen molar-refractivity contribution < 1.29 is 13.0 Å². The van der Waals surface area contributed by atoms with Crippen LogP contribution in [0, 0.1) is 11.6 Å². The molecule has 0 radical (unpaired) electrons. The first kappa shape index (κ1) is 12.7. The van der Waals surface area contributed by atoms with Gasteiger partial charge in [0.1, 0.15) is 23.9 Å². The molecule has 0 aromatic heterocycles. The summed E-state index contributed by atoms with van der Waals surface area (Å²) in [6.07, 6.45) is 0. The largest absolute Gasteiger partial charge is 0.409 e. The smallest absolute Gasteiger partial charge is 0.151 e. The van der Waals surface area contributed by atoms with E-state index in [-0.39, 0.29) is 10.8 Å². The summed E-state index contributed by atoms with van der Waals surface area (Å²) in [6, 6.07) is 7.08. The molecule has 0 saturated carbocycles. The van der Waals surface area contributed by atoms with E-state index in [2.05, 4.69) is 4.72 Å². The van der Waals surface area contributed by atoms with Gasteiger partial charge in [-0.15, -0.1) is 0 Å². The van der Waals surface area contributed by atoms with Crippen molar-refractivity contribution in [1.29, 1.82) is 0 Å². The Morgan fingerprint density at radius 1 is 1.21 bits per heavy atom. The van der Waals surface area contributed by atoms with Crippen molar-refractivity contribution in [2.45, 2.75) is 6.54 Å². The molecule has 2 aromatic carbocycles. The third kappa shape index (κ3) is 2.41. The number of rotatable bonds is 1. The van der Waals surface area contributed by atoms with E-state index in [4.69, 9.17) is 15.8 Å². The van der Waals surface area contributed by atoms with Crippen LogP contribution in [0.15, 0.2) is 30.3 Å². The summed E-state index contributed by atoms with van der Waals surface area (Å²) in [7, 11) is 0. The Hall–Kier alpha value is -1.30. The van der Waals surface area contributed by atoms with Crippen LogP contribution in [0.25, 0.3) is 11.1 Å². The lowest BCUT2D eigenvalue weighted by atomic mass is 10.0. The lowest BCUT2D eigenvalue weighted by Crippen LogP contribution is -2.13. The molecule has 0 spiro atoms. The highest BCUT2D eigenvalue weighted by atomic mass is 35.5. The van der Waals surface area contributed by atoms with Gasteiger partial charge >= 0.3 is 0 Å². The van der Waals surface area contributed by atoms with Crippen LogP contribution in [0.5, 0.6) is 5.75 Å². The molecule has 0 atom stereocenters. The molecule has 0 amide bonds. The Morgan fingerprint density at radius 2 is 2.05 bits per heavy atom. The molecule has 0 saturated heterocycles. The predicted molar refractivity (Wildman–Crippen MR) is 71.9 cm³/mol. The molecule has 6 heteroatoms. The first-order chi connectivity index (χ1) is 9.15. The van der Waals surface area contributed by atoms with Crippen molar-refractivity contribution in [1.82, 2.24) is 4.72 Å². The average Bonchev–Trinajstić information content (AvgIpc) is 2.41. The van der Waals surface area contributed by atoms with Gasteiger partial charge in [-0.25, -0.2) is 13.5 Å². The highest BCUT2D eigenvalue weighted by Crippen LogP contribution is 2.38. The van der Waals surface area contributed by atoms with E-state index in [1.807, 2.05) is 0 Å². The fraction of sp³-hybridized carbons (Fsp3) is 0.0769. The molecular formula is C13H8ClF2NOS. The Bertz CT molecular complexity index is 651. The maximum absolute atomic E-state index is 13.6. The van der Waals surface area contributed by atoms with Gasteiger partial charge < -0.3 is 4.18 Å². The highest BCUT2D eigenvalue weighted by molar-refractivity contribution is 7.93. The molecule has 0 aliphatic carbocycles. The van der Waals surface area contributed by atoms with E-state index in [0.29, 0.717) is 29.0 Å². The summed E-state index contributed by atoms with van der Waals surface area (Å²) < 4.78 is 35.4. The van der Waals surface area contributed by atoms with Gasteiger partial charge in [0.15, 0.2) is 5.75 Å². The highest BCUT2D eigenvalue weighted by Gasteiger charge is 2.19. The van der Waals surface area contributed by atoms with Gasteiger partial charge in [-0.05, 0) is 29.8 Å². The zero-order valence-corrected chi connectivity index (χ0v) is 11.1. The second kappa shape index (κ2) is 5.00. The van der Waals surface area contributed by atoms with E-state index in [0.717, 1.165) is 12.2 Å². The van der Waals surface area contributed by atoms with Crippen molar-refractivity contribution in [3.63, 3.8) is 0 Å². The SMILES string of the molecule is Fc1cc2c(c(-c3ccc(Cl)c(F)c3)c1)OSNC2. The van der Waals surface area contributed by atoms with Crippen molar-refractivity contribution in [3.05, 3.63) is 52.6 Å². The average molecular weight is 300 g/mol. The second-order valence-corrected chi connectivity index (χ2v) is 5.09. The lowest BCUT2D eigenvalue weighted by molar-refractivity contribution is 0.583.